The summed E-state index contributed by atoms with van der Waals surface area (Å²) in [5.41, 5.74) is 2.07. The average molecular weight is 317 g/mol. The van der Waals surface area contributed by atoms with E-state index in [0.717, 1.165) is 34.8 Å². The smallest absolute Gasteiger partial charge is 0.188 e. The fraction of sp³-hybridized carbons (Fsp3) is 0.562. The number of piperidine rings is 1. The van der Waals surface area contributed by atoms with Crippen LogP contribution in [0.1, 0.15) is 36.0 Å². The summed E-state index contributed by atoms with van der Waals surface area (Å²) in [5, 5.41) is 4.20. The Balaban J connectivity index is 1.66. The van der Waals surface area contributed by atoms with E-state index in [1.54, 1.807) is 17.7 Å². The molecule has 2 aromatic rings. The van der Waals surface area contributed by atoms with E-state index in [9.17, 15) is 0 Å². The van der Waals surface area contributed by atoms with Gasteiger partial charge in [-0.15, -0.1) is 11.3 Å². The maximum Gasteiger partial charge on any atom is 0.188 e. The summed E-state index contributed by atoms with van der Waals surface area (Å²) in [4.78, 5) is 16.9. The van der Waals surface area contributed by atoms with Gasteiger partial charge in [0.05, 0.1) is 5.69 Å². The van der Waals surface area contributed by atoms with Crippen LogP contribution in [0.15, 0.2) is 12.4 Å². The number of hydrogen-bond acceptors (Lipinski definition) is 6. The summed E-state index contributed by atoms with van der Waals surface area (Å²) >= 11 is 1.73. The van der Waals surface area contributed by atoms with Crippen molar-refractivity contribution in [1.29, 1.82) is 0 Å². The van der Waals surface area contributed by atoms with Crippen LogP contribution < -0.4 is 5.32 Å². The Bertz CT molecular complexity index is 631. The summed E-state index contributed by atoms with van der Waals surface area (Å²) in [7, 11) is 0. The van der Waals surface area contributed by atoms with Gasteiger partial charge in [0, 0.05) is 23.2 Å². The van der Waals surface area contributed by atoms with Crippen LogP contribution in [0.5, 0.6) is 0 Å². The van der Waals surface area contributed by atoms with Gasteiger partial charge in [-0.25, -0.2) is 15.0 Å². The number of nitrogens with zero attached hydrogens (tertiary/aromatic N) is 4. The van der Waals surface area contributed by atoms with Gasteiger partial charge >= 0.3 is 0 Å². The van der Waals surface area contributed by atoms with Crippen molar-refractivity contribution in [3.8, 4) is 0 Å². The van der Waals surface area contributed by atoms with Gasteiger partial charge in [0.25, 0.3) is 0 Å². The van der Waals surface area contributed by atoms with Crippen LogP contribution in [0.25, 0.3) is 0 Å². The monoisotopic (exact) mass is 317 g/mol. The summed E-state index contributed by atoms with van der Waals surface area (Å²) in [6.45, 7) is 9.82. The lowest BCUT2D eigenvalue weighted by atomic mass is 9.99. The molecule has 5 nitrogen and oxygen atoms in total. The Morgan fingerprint density at radius 2 is 2.05 bits per heavy atom. The van der Waals surface area contributed by atoms with Gasteiger partial charge in [0.1, 0.15) is 12.1 Å². The summed E-state index contributed by atoms with van der Waals surface area (Å²) < 4.78 is 0. The van der Waals surface area contributed by atoms with Crippen LogP contribution in [0.4, 0.5) is 10.9 Å². The van der Waals surface area contributed by atoms with Crippen LogP contribution in [0.3, 0.4) is 0 Å². The zero-order valence-electron chi connectivity index (χ0n) is 13.5. The zero-order valence-corrected chi connectivity index (χ0v) is 14.3. The molecule has 0 unspecified atom stereocenters. The van der Waals surface area contributed by atoms with E-state index in [2.05, 4.69) is 39.0 Å². The predicted molar refractivity (Wildman–Crippen MR) is 90.6 cm³/mol. The van der Waals surface area contributed by atoms with Crippen LogP contribution >= 0.6 is 11.3 Å². The molecule has 0 aromatic carbocycles. The SMILES string of the molecule is Cc1cc(Nc2nc(C)c(CN3CCC(C)CC3)s2)ncn1. The third-order valence-electron chi connectivity index (χ3n) is 4.17. The number of thiazole rings is 1. The van der Waals surface area contributed by atoms with Gasteiger partial charge in [-0.3, -0.25) is 4.90 Å². The highest BCUT2D eigenvalue weighted by molar-refractivity contribution is 7.15. The Morgan fingerprint density at radius 1 is 1.27 bits per heavy atom. The van der Waals surface area contributed by atoms with Crippen molar-refractivity contribution >= 4 is 22.3 Å². The van der Waals surface area contributed by atoms with E-state index in [4.69, 9.17) is 0 Å². The highest BCUT2D eigenvalue weighted by Gasteiger charge is 2.18. The molecule has 2 aromatic heterocycles. The van der Waals surface area contributed by atoms with Gasteiger partial charge in [-0.2, -0.15) is 0 Å². The van der Waals surface area contributed by atoms with Gasteiger partial charge in [-0.1, -0.05) is 6.92 Å². The number of hydrogen-bond donors (Lipinski definition) is 1. The van der Waals surface area contributed by atoms with Gasteiger partial charge in [-0.05, 0) is 45.7 Å². The van der Waals surface area contributed by atoms with E-state index in [1.807, 2.05) is 13.0 Å². The summed E-state index contributed by atoms with van der Waals surface area (Å²) in [6.07, 6.45) is 4.19. The molecule has 0 spiro atoms. The second kappa shape index (κ2) is 6.71. The van der Waals surface area contributed by atoms with Gasteiger partial charge < -0.3 is 5.32 Å². The first kappa shape index (κ1) is 15.4. The van der Waals surface area contributed by atoms with Crippen LogP contribution in [0, 0.1) is 19.8 Å². The number of anilines is 2. The highest BCUT2D eigenvalue weighted by atomic mass is 32.1. The number of aryl methyl sites for hydroxylation is 2. The minimum Gasteiger partial charge on any atom is -0.316 e. The number of aromatic nitrogens is 3. The topological polar surface area (TPSA) is 53.9 Å². The van der Waals surface area contributed by atoms with Crippen LogP contribution in [-0.2, 0) is 6.54 Å². The Hall–Kier alpha value is -1.53. The molecule has 0 atom stereocenters. The molecule has 1 saturated heterocycles. The third-order valence-corrected chi connectivity index (χ3v) is 5.23. The number of rotatable bonds is 4. The largest absolute Gasteiger partial charge is 0.316 e. The average Bonchev–Trinajstić information content (AvgIpc) is 2.81. The van der Waals surface area contributed by atoms with Crippen molar-refractivity contribution in [2.24, 2.45) is 5.92 Å². The molecule has 6 heteroatoms. The number of nitrogens with one attached hydrogen (secondary N) is 1. The first-order valence-electron chi connectivity index (χ1n) is 7.84. The normalized spacial score (nSPS) is 16.9. The number of likely N-dealkylation sites (tertiary alicyclic amines) is 1. The molecule has 0 aliphatic carbocycles. The highest BCUT2D eigenvalue weighted by Crippen LogP contribution is 2.27. The minimum atomic E-state index is 0.805. The second-order valence-electron chi connectivity index (χ2n) is 6.16. The molecule has 0 bridgehead atoms. The van der Waals surface area contributed by atoms with Crippen molar-refractivity contribution in [3.63, 3.8) is 0 Å². The van der Waals surface area contributed by atoms with E-state index in [0.29, 0.717) is 0 Å². The lowest BCUT2D eigenvalue weighted by Gasteiger charge is -2.29. The molecule has 3 rings (SSSR count). The Morgan fingerprint density at radius 3 is 2.77 bits per heavy atom. The predicted octanol–water partition coefficient (Wildman–Crippen LogP) is 3.53. The molecule has 3 heterocycles. The van der Waals surface area contributed by atoms with Crippen LogP contribution in [0.2, 0.25) is 0 Å². The van der Waals surface area contributed by atoms with Crippen molar-refractivity contribution in [2.75, 3.05) is 18.4 Å². The molecule has 1 aliphatic heterocycles. The van der Waals surface area contributed by atoms with E-state index >= 15 is 0 Å². The third kappa shape index (κ3) is 3.81. The molecular formula is C16H23N5S. The lowest BCUT2D eigenvalue weighted by Crippen LogP contribution is -2.32. The standard InChI is InChI=1S/C16H23N5S/c1-11-4-6-21(7-5-11)9-14-13(3)19-16(22-14)20-15-8-12(2)17-10-18-15/h8,10-11H,4-7,9H2,1-3H3,(H,17,18,19,20). The quantitative estimate of drug-likeness (QED) is 0.935. The lowest BCUT2D eigenvalue weighted by molar-refractivity contribution is 0.186. The molecule has 118 valence electrons. The van der Waals surface area contributed by atoms with E-state index in [1.165, 1.54) is 30.8 Å². The van der Waals surface area contributed by atoms with E-state index < -0.39 is 0 Å². The summed E-state index contributed by atoms with van der Waals surface area (Å²) in [6, 6.07) is 1.93. The molecule has 0 amide bonds. The van der Waals surface area contributed by atoms with Crippen LogP contribution in [-0.4, -0.2) is 32.9 Å². The van der Waals surface area contributed by atoms with Crippen molar-refractivity contribution in [3.05, 3.63) is 28.7 Å². The first-order valence-corrected chi connectivity index (χ1v) is 8.66. The first-order chi connectivity index (χ1) is 10.6. The summed E-state index contributed by atoms with van der Waals surface area (Å²) in [5.74, 6) is 1.68. The zero-order chi connectivity index (χ0) is 15.5. The molecule has 22 heavy (non-hydrogen) atoms. The maximum atomic E-state index is 4.64. The molecule has 0 saturated carbocycles. The fourth-order valence-corrected chi connectivity index (χ4v) is 3.70. The molecule has 1 aliphatic rings. The van der Waals surface area contributed by atoms with E-state index in [-0.39, 0.29) is 0 Å². The second-order valence-corrected chi connectivity index (χ2v) is 7.24. The molecule has 1 N–H and O–H groups in total. The van der Waals surface area contributed by atoms with Gasteiger partial charge in [0.2, 0.25) is 0 Å². The fourth-order valence-electron chi connectivity index (χ4n) is 2.68. The maximum absolute atomic E-state index is 4.64. The molecular weight excluding hydrogens is 294 g/mol. The van der Waals surface area contributed by atoms with Gasteiger partial charge in [0.15, 0.2) is 5.13 Å². The molecule has 1 fully saturated rings. The van der Waals surface area contributed by atoms with Crippen molar-refractivity contribution < 1.29 is 0 Å². The Labute approximate surface area is 135 Å². The van der Waals surface area contributed by atoms with Crippen molar-refractivity contribution in [2.45, 2.75) is 40.2 Å². The molecule has 0 radical (unpaired) electrons. The minimum absolute atomic E-state index is 0.805. The van der Waals surface area contributed by atoms with Crippen molar-refractivity contribution in [1.82, 2.24) is 19.9 Å². The Kier molecular flexibility index (Phi) is 4.69.